The van der Waals surface area contributed by atoms with Crippen molar-refractivity contribution in [2.24, 2.45) is 5.41 Å². The van der Waals surface area contributed by atoms with Crippen LogP contribution < -0.4 is 10.1 Å². The van der Waals surface area contributed by atoms with Crippen LogP contribution in [0.1, 0.15) is 27.7 Å². The van der Waals surface area contributed by atoms with Crippen LogP contribution in [-0.2, 0) is 0 Å². The number of nitro benzene ring substituents is 1. The third-order valence-corrected chi connectivity index (χ3v) is 3.14. The first-order valence-electron chi connectivity index (χ1n) is 5.95. The van der Waals surface area contributed by atoms with Gasteiger partial charge in [0.25, 0.3) is 0 Å². The standard InChI is InChI=1S/C13H19FN2O3/c1-8(13(2,3)4)15-10-7-12(19-5)11(16(17)18)6-9(10)14/h6-8,15H,1-5H3. The van der Waals surface area contributed by atoms with E-state index in [1.165, 1.54) is 13.2 Å². The summed E-state index contributed by atoms with van der Waals surface area (Å²) in [4.78, 5) is 10.1. The molecule has 0 saturated heterocycles. The number of hydrogen-bond donors (Lipinski definition) is 1. The lowest BCUT2D eigenvalue weighted by Gasteiger charge is -2.29. The molecule has 0 heterocycles. The van der Waals surface area contributed by atoms with Gasteiger partial charge in [0.1, 0.15) is 0 Å². The van der Waals surface area contributed by atoms with Crippen LogP contribution in [0.2, 0.25) is 0 Å². The van der Waals surface area contributed by atoms with Crippen LogP contribution in [0.5, 0.6) is 5.75 Å². The van der Waals surface area contributed by atoms with E-state index in [0.29, 0.717) is 0 Å². The predicted molar refractivity (Wildman–Crippen MR) is 72.1 cm³/mol. The zero-order valence-electron chi connectivity index (χ0n) is 11.8. The summed E-state index contributed by atoms with van der Waals surface area (Å²) >= 11 is 0. The maximum Gasteiger partial charge on any atom is 0.313 e. The Morgan fingerprint density at radius 3 is 2.42 bits per heavy atom. The van der Waals surface area contributed by atoms with Gasteiger partial charge in [-0.15, -0.1) is 0 Å². The van der Waals surface area contributed by atoms with Gasteiger partial charge >= 0.3 is 5.69 Å². The average molecular weight is 270 g/mol. The second-order valence-electron chi connectivity index (χ2n) is 5.49. The number of hydrogen-bond acceptors (Lipinski definition) is 4. The normalized spacial score (nSPS) is 12.9. The third kappa shape index (κ3) is 3.56. The summed E-state index contributed by atoms with van der Waals surface area (Å²) in [6.07, 6.45) is 0. The molecule has 1 atom stereocenters. The molecule has 1 aromatic carbocycles. The molecule has 19 heavy (non-hydrogen) atoms. The SMILES string of the molecule is COc1cc(NC(C)C(C)(C)C)c(F)cc1[N+](=O)[O-]. The molecule has 0 spiro atoms. The molecule has 0 fully saturated rings. The number of methoxy groups -OCH3 is 1. The lowest BCUT2D eigenvalue weighted by molar-refractivity contribution is -0.385. The van der Waals surface area contributed by atoms with E-state index in [9.17, 15) is 14.5 Å². The van der Waals surface area contributed by atoms with E-state index in [1.807, 2.05) is 27.7 Å². The van der Waals surface area contributed by atoms with E-state index in [4.69, 9.17) is 4.74 Å². The summed E-state index contributed by atoms with van der Waals surface area (Å²) in [7, 11) is 1.32. The summed E-state index contributed by atoms with van der Waals surface area (Å²) < 4.78 is 18.8. The third-order valence-electron chi connectivity index (χ3n) is 3.14. The first-order valence-corrected chi connectivity index (χ1v) is 5.95. The fourth-order valence-corrected chi connectivity index (χ4v) is 1.41. The molecule has 1 aromatic rings. The number of nitrogens with zero attached hydrogens (tertiary/aromatic N) is 1. The zero-order valence-corrected chi connectivity index (χ0v) is 11.8. The van der Waals surface area contributed by atoms with Crippen LogP contribution in [-0.4, -0.2) is 18.1 Å². The molecule has 0 radical (unpaired) electrons. The Balaban J connectivity index is 3.13. The Bertz CT molecular complexity index is 484. The van der Waals surface area contributed by atoms with E-state index >= 15 is 0 Å². The highest BCUT2D eigenvalue weighted by molar-refractivity contribution is 5.59. The monoisotopic (exact) mass is 270 g/mol. The summed E-state index contributed by atoms with van der Waals surface area (Å²) in [6.45, 7) is 7.98. The zero-order chi connectivity index (χ0) is 14.8. The Labute approximate surface area is 111 Å². The smallest absolute Gasteiger partial charge is 0.313 e. The first kappa shape index (κ1) is 15.2. The van der Waals surface area contributed by atoms with Crippen LogP contribution in [0, 0.1) is 21.3 Å². The van der Waals surface area contributed by atoms with E-state index in [1.54, 1.807) is 0 Å². The Hall–Kier alpha value is -1.85. The van der Waals surface area contributed by atoms with Crippen molar-refractivity contribution >= 4 is 11.4 Å². The summed E-state index contributed by atoms with van der Waals surface area (Å²) in [6, 6.07) is 2.18. The summed E-state index contributed by atoms with van der Waals surface area (Å²) in [5.41, 5.74) is -0.250. The van der Waals surface area contributed by atoms with Crippen LogP contribution in [0.25, 0.3) is 0 Å². The van der Waals surface area contributed by atoms with E-state index < -0.39 is 10.7 Å². The minimum absolute atomic E-state index is 0.00633. The van der Waals surface area contributed by atoms with Crippen LogP contribution in [0.3, 0.4) is 0 Å². The van der Waals surface area contributed by atoms with Gasteiger partial charge in [0.2, 0.25) is 0 Å². The Morgan fingerprint density at radius 1 is 1.42 bits per heavy atom. The molecule has 106 valence electrons. The van der Waals surface area contributed by atoms with Crippen molar-refractivity contribution in [1.29, 1.82) is 0 Å². The second-order valence-corrected chi connectivity index (χ2v) is 5.49. The van der Waals surface area contributed by atoms with Gasteiger partial charge in [-0.05, 0) is 12.3 Å². The maximum absolute atomic E-state index is 13.9. The molecule has 5 nitrogen and oxygen atoms in total. The van der Waals surface area contributed by atoms with Crippen molar-refractivity contribution in [2.75, 3.05) is 12.4 Å². The predicted octanol–water partition coefficient (Wildman–Crippen LogP) is 3.59. The van der Waals surface area contributed by atoms with Crippen molar-refractivity contribution in [1.82, 2.24) is 0 Å². The number of rotatable bonds is 4. The minimum Gasteiger partial charge on any atom is -0.490 e. The van der Waals surface area contributed by atoms with Crippen molar-refractivity contribution in [3.8, 4) is 5.75 Å². The van der Waals surface area contributed by atoms with Crippen LogP contribution in [0.4, 0.5) is 15.8 Å². The van der Waals surface area contributed by atoms with Crippen molar-refractivity contribution in [3.63, 3.8) is 0 Å². The fraction of sp³-hybridized carbons (Fsp3) is 0.538. The minimum atomic E-state index is -0.668. The van der Waals surface area contributed by atoms with Crippen LogP contribution >= 0.6 is 0 Å². The molecule has 0 aliphatic carbocycles. The quantitative estimate of drug-likeness (QED) is 0.670. The number of benzene rings is 1. The highest BCUT2D eigenvalue weighted by atomic mass is 19.1. The van der Waals surface area contributed by atoms with Gasteiger partial charge < -0.3 is 10.1 Å². The van der Waals surface area contributed by atoms with Gasteiger partial charge in [0.15, 0.2) is 11.6 Å². The van der Waals surface area contributed by atoms with Crippen molar-refractivity contribution in [2.45, 2.75) is 33.7 Å². The lowest BCUT2D eigenvalue weighted by atomic mass is 9.88. The molecule has 0 amide bonds. The number of anilines is 1. The number of ether oxygens (including phenoxy) is 1. The molecule has 0 saturated carbocycles. The second kappa shape index (κ2) is 5.42. The van der Waals surface area contributed by atoms with Gasteiger partial charge in [-0.2, -0.15) is 0 Å². The van der Waals surface area contributed by atoms with E-state index in [2.05, 4.69) is 5.32 Å². The molecular formula is C13H19FN2O3. The maximum atomic E-state index is 13.9. The van der Waals surface area contributed by atoms with E-state index in [-0.39, 0.29) is 28.6 Å². The van der Waals surface area contributed by atoms with Crippen molar-refractivity contribution in [3.05, 3.63) is 28.1 Å². The largest absolute Gasteiger partial charge is 0.490 e. The topological polar surface area (TPSA) is 64.4 Å². The average Bonchev–Trinajstić information content (AvgIpc) is 2.29. The Kier molecular flexibility index (Phi) is 4.34. The van der Waals surface area contributed by atoms with E-state index in [0.717, 1.165) is 6.07 Å². The molecule has 6 heteroatoms. The highest BCUT2D eigenvalue weighted by Gasteiger charge is 2.24. The lowest BCUT2D eigenvalue weighted by Crippen LogP contribution is -2.31. The van der Waals surface area contributed by atoms with Gasteiger partial charge in [0.05, 0.1) is 23.8 Å². The molecule has 1 N–H and O–H groups in total. The first-order chi connectivity index (χ1) is 8.66. The molecule has 0 aromatic heterocycles. The van der Waals surface area contributed by atoms with Crippen molar-refractivity contribution < 1.29 is 14.1 Å². The molecule has 0 aliphatic rings. The summed E-state index contributed by atoms with van der Waals surface area (Å²) in [5, 5.41) is 13.8. The molecule has 1 rings (SSSR count). The fourth-order valence-electron chi connectivity index (χ4n) is 1.41. The molecule has 1 unspecified atom stereocenters. The molecular weight excluding hydrogens is 251 g/mol. The molecule has 0 bridgehead atoms. The highest BCUT2D eigenvalue weighted by Crippen LogP contribution is 2.33. The molecule has 0 aliphatic heterocycles. The van der Waals surface area contributed by atoms with Gasteiger partial charge in [-0.25, -0.2) is 4.39 Å². The van der Waals surface area contributed by atoms with Crippen LogP contribution in [0.15, 0.2) is 12.1 Å². The van der Waals surface area contributed by atoms with Gasteiger partial charge in [-0.1, -0.05) is 20.8 Å². The number of halogens is 1. The van der Waals surface area contributed by atoms with Gasteiger partial charge in [-0.3, -0.25) is 10.1 Å². The number of nitrogens with one attached hydrogen (secondary N) is 1. The number of nitro groups is 1. The Morgan fingerprint density at radius 2 is 2.00 bits per heavy atom. The summed E-state index contributed by atoms with van der Waals surface area (Å²) in [5.74, 6) is -0.626. The van der Waals surface area contributed by atoms with Gasteiger partial charge in [0, 0.05) is 12.1 Å².